The number of nitrogens with one attached hydrogen (secondary N) is 1. The maximum absolute atomic E-state index is 13.5. The van der Waals surface area contributed by atoms with Gasteiger partial charge in [0.05, 0.1) is 29.6 Å². The number of amides is 1. The zero-order valence-corrected chi connectivity index (χ0v) is 21.2. The molecule has 0 radical (unpaired) electrons. The number of benzene rings is 3. The number of carbonyl (C=O) groups excluding carboxylic acids is 1. The van der Waals surface area contributed by atoms with Gasteiger partial charge in [0.25, 0.3) is 0 Å². The number of nitrogens with zero attached hydrogens (tertiary/aromatic N) is 1. The van der Waals surface area contributed by atoms with Crippen molar-refractivity contribution in [3.8, 4) is 5.75 Å². The molecule has 0 bridgehead atoms. The largest absolute Gasteiger partial charge is 0.495 e. The van der Waals surface area contributed by atoms with Crippen molar-refractivity contribution in [3.63, 3.8) is 0 Å². The van der Waals surface area contributed by atoms with Crippen molar-refractivity contribution in [1.82, 2.24) is 9.62 Å². The molecule has 0 saturated carbocycles. The molecule has 3 aromatic carbocycles. The Morgan fingerprint density at radius 1 is 1.03 bits per heavy atom. The number of hydrogen-bond acceptors (Lipinski definition) is 4. The molecular weight excluding hydrogens is 495 g/mol. The summed E-state index contributed by atoms with van der Waals surface area (Å²) < 4.78 is 33.2. The first-order valence-electron chi connectivity index (χ1n) is 10.6. The number of ether oxygens (including phenoxy) is 1. The van der Waals surface area contributed by atoms with Crippen LogP contribution in [0.15, 0.2) is 77.7 Å². The van der Waals surface area contributed by atoms with Crippen molar-refractivity contribution in [1.29, 1.82) is 0 Å². The van der Waals surface area contributed by atoms with Crippen LogP contribution in [0.3, 0.4) is 0 Å². The van der Waals surface area contributed by atoms with Crippen LogP contribution in [0.25, 0.3) is 0 Å². The molecule has 1 unspecified atom stereocenters. The molecule has 1 amide bonds. The molecule has 0 fully saturated rings. The summed E-state index contributed by atoms with van der Waals surface area (Å²) in [4.78, 5) is 12.9. The highest BCUT2D eigenvalue weighted by atomic mass is 35.5. The number of sulfonamides is 1. The van der Waals surface area contributed by atoms with Crippen LogP contribution in [0.1, 0.15) is 24.1 Å². The van der Waals surface area contributed by atoms with Crippen LogP contribution in [0.4, 0.5) is 0 Å². The van der Waals surface area contributed by atoms with Gasteiger partial charge in [-0.2, -0.15) is 4.31 Å². The Morgan fingerprint density at radius 2 is 1.71 bits per heavy atom. The zero-order chi connectivity index (χ0) is 24.7. The highest BCUT2D eigenvalue weighted by molar-refractivity contribution is 7.89. The number of rotatable bonds is 10. The first-order chi connectivity index (χ1) is 16.2. The maximum Gasteiger partial charge on any atom is 0.243 e. The second-order valence-corrected chi connectivity index (χ2v) is 10.5. The highest BCUT2D eigenvalue weighted by Gasteiger charge is 2.28. The Morgan fingerprint density at radius 3 is 2.32 bits per heavy atom. The second kappa shape index (κ2) is 11.7. The van der Waals surface area contributed by atoms with Gasteiger partial charge in [0.2, 0.25) is 15.9 Å². The summed E-state index contributed by atoms with van der Waals surface area (Å²) in [7, 11) is -2.55. The van der Waals surface area contributed by atoms with E-state index in [9.17, 15) is 13.2 Å². The summed E-state index contributed by atoms with van der Waals surface area (Å²) in [6.07, 6.45) is 0.448. The summed E-state index contributed by atoms with van der Waals surface area (Å²) in [5.41, 5.74) is 1.82. The smallest absolute Gasteiger partial charge is 0.243 e. The molecule has 0 aliphatic heterocycles. The van der Waals surface area contributed by atoms with E-state index in [1.54, 1.807) is 12.1 Å². The van der Waals surface area contributed by atoms with Gasteiger partial charge in [0, 0.05) is 11.6 Å². The van der Waals surface area contributed by atoms with E-state index in [0.717, 1.165) is 11.1 Å². The lowest BCUT2D eigenvalue weighted by atomic mass is 10.1. The number of methoxy groups -OCH3 is 1. The van der Waals surface area contributed by atoms with Crippen molar-refractivity contribution >= 4 is 39.1 Å². The monoisotopic (exact) mass is 520 g/mol. The molecule has 3 aromatic rings. The Balaban J connectivity index is 1.81. The molecule has 0 aliphatic carbocycles. The molecule has 0 spiro atoms. The Labute approximate surface area is 210 Å². The maximum atomic E-state index is 13.5. The second-order valence-electron chi connectivity index (χ2n) is 7.71. The van der Waals surface area contributed by atoms with Gasteiger partial charge in [0.15, 0.2) is 0 Å². The summed E-state index contributed by atoms with van der Waals surface area (Å²) in [5, 5.41) is 3.63. The summed E-state index contributed by atoms with van der Waals surface area (Å²) in [6.45, 7) is 1.61. The Kier molecular flexibility index (Phi) is 8.97. The Hall–Kier alpha value is -2.58. The zero-order valence-electron chi connectivity index (χ0n) is 18.9. The van der Waals surface area contributed by atoms with Gasteiger partial charge in [-0.1, -0.05) is 65.7 Å². The third-order valence-corrected chi connectivity index (χ3v) is 7.71. The van der Waals surface area contributed by atoms with Crippen molar-refractivity contribution < 1.29 is 17.9 Å². The van der Waals surface area contributed by atoms with Gasteiger partial charge in [-0.3, -0.25) is 4.79 Å². The molecule has 0 aromatic heterocycles. The fourth-order valence-electron chi connectivity index (χ4n) is 3.42. The summed E-state index contributed by atoms with van der Waals surface area (Å²) >= 11 is 12.1. The molecule has 9 heteroatoms. The van der Waals surface area contributed by atoms with Crippen molar-refractivity contribution in [3.05, 3.63) is 94.0 Å². The lowest BCUT2D eigenvalue weighted by molar-refractivity contribution is -0.121. The van der Waals surface area contributed by atoms with Crippen LogP contribution >= 0.6 is 23.2 Å². The van der Waals surface area contributed by atoms with Crippen LogP contribution in [-0.4, -0.2) is 38.8 Å². The van der Waals surface area contributed by atoms with E-state index < -0.39 is 15.9 Å². The van der Waals surface area contributed by atoms with Gasteiger partial charge >= 0.3 is 0 Å². The topological polar surface area (TPSA) is 75.7 Å². The molecule has 0 heterocycles. The molecule has 0 saturated heterocycles. The standard InChI is InChI=1S/C25H26Cl2N2O4S/c1-18(20-8-10-21(26)11-9-20)28-25(30)17-29(15-14-19-6-4-3-5-7-19)34(31,32)22-12-13-24(33-2)23(27)16-22/h3-13,16,18H,14-15,17H2,1-2H3,(H,28,30). The van der Waals surface area contributed by atoms with Crippen molar-refractivity contribution in [2.24, 2.45) is 0 Å². The van der Waals surface area contributed by atoms with Gasteiger partial charge in [-0.15, -0.1) is 0 Å². The minimum Gasteiger partial charge on any atom is -0.495 e. The number of halogens is 2. The van der Waals surface area contributed by atoms with Crippen LogP contribution in [0, 0.1) is 0 Å². The van der Waals surface area contributed by atoms with E-state index in [1.807, 2.05) is 49.4 Å². The Bertz CT molecular complexity index is 1220. The SMILES string of the molecule is COc1ccc(S(=O)(=O)N(CCc2ccccc2)CC(=O)NC(C)c2ccc(Cl)cc2)cc1Cl. The normalized spacial score (nSPS) is 12.4. The molecule has 0 aliphatic rings. The summed E-state index contributed by atoms with van der Waals surface area (Å²) in [6, 6.07) is 20.5. The van der Waals surface area contributed by atoms with Gasteiger partial charge < -0.3 is 10.1 Å². The van der Waals surface area contributed by atoms with E-state index >= 15 is 0 Å². The number of hydrogen-bond donors (Lipinski definition) is 1. The first kappa shape index (κ1) is 26.0. The molecule has 3 rings (SSSR count). The highest BCUT2D eigenvalue weighted by Crippen LogP contribution is 2.28. The predicted molar refractivity (Wildman–Crippen MR) is 135 cm³/mol. The van der Waals surface area contributed by atoms with Crippen LogP contribution in [0.5, 0.6) is 5.75 Å². The van der Waals surface area contributed by atoms with Gasteiger partial charge in [-0.25, -0.2) is 8.42 Å². The molecular formula is C25H26Cl2N2O4S. The molecule has 1 N–H and O–H groups in total. The lowest BCUT2D eigenvalue weighted by Crippen LogP contribution is -2.42. The van der Waals surface area contributed by atoms with E-state index in [2.05, 4.69) is 5.32 Å². The van der Waals surface area contributed by atoms with E-state index in [0.29, 0.717) is 17.2 Å². The van der Waals surface area contributed by atoms with E-state index in [4.69, 9.17) is 27.9 Å². The van der Waals surface area contributed by atoms with Crippen molar-refractivity contribution in [2.75, 3.05) is 20.2 Å². The van der Waals surface area contributed by atoms with Gasteiger partial charge in [-0.05, 0) is 54.8 Å². The van der Waals surface area contributed by atoms with Gasteiger partial charge in [0.1, 0.15) is 5.75 Å². The fourth-order valence-corrected chi connectivity index (χ4v) is 5.29. The van der Waals surface area contributed by atoms with E-state index in [1.165, 1.54) is 29.6 Å². The molecule has 180 valence electrons. The molecule has 6 nitrogen and oxygen atoms in total. The van der Waals surface area contributed by atoms with Crippen LogP contribution in [0.2, 0.25) is 10.0 Å². The quantitative estimate of drug-likeness (QED) is 0.402. The molecule has 1 atom stereocenters. The predicted octanol–water partition coefficient (Wildman–Crippen LogP) is 5.11. The minimum atomic E-state index is -4.00. The lowest BCUT2D eigenvalue weighted by Gasteiger charge is -2.23. The molecule has 34 heavy (non-hydrogen) atoms. The first-order valence-corrected chi connectivity index (χ1v) is 12.8. The van der Waals surface area contributed by atoms with E-state index in [-0.39, 0.29) is 29.0 Å². The fraction of sp³-hybridized carbons (Fsp3) is 0.240. The van der Waals surface area contributed by atoms with Crippen molar-refractivity contribution in [2.45, 2.75) is 24.3 Å². The van der Waals surface area contributed by atoms with Crippen LogP contribution < -0.4 is 10.1 Å². The minimum absolute atomic E-state index is 0.00934. The third kappa shape index (κ3) is 6.73. The average molecular weight is 521 g/mol. The van der Waals surface area contributed by atoms with Crippen LogP contribution in [-0.2, 0) is 21.2 Å². The summed E-state index contributed by atoms with van der Waals surface area (Å²) in [5.74, 6) is -0.0512. The average Bonchev–Trinajstić information content (AvgIpc) is 2.82. The third-order valence-electron chi connectivity index (χ3n) is 5.32. The number of carbonyl (C=O) groups is 1.